The molecule has 2 heterocycles. The molecule has 0 spiro atoms. The van der Waals surface area contributed by atoms with E-state index in [1.54, 1.807) is 25.1 Å². The van der Waals surface area contributed by atoms with Crippen LogP contribution in [0.2, 0.25) is 5.02 Å². The lowest BCUT2D eigenvalue weighted by Crippen LogP contribution is -2.24. The molecule has 1 atom stereocenters. The molecule has 3 rings (SSSR count). The van der Waals surface area contributed by atoms with Gasteiger partial charge in [-0.3, -0.25) is 14.9 Å². The van der Waals surface area contributed by atoms with Crippen LogP contribution < -0.4 is 10.6 Å². The Hall–Kier alpha value is -2.41. The molecule has 1 aliphatic rings. The zero-order valence-electron chi connectivity index (χ0n) is 12.1. The van der Waals surface area contributed by atoms with Crippen LogP contribution in [-0.2, 0) is 9.59 Å². The third-order valence-electron chi connectivity index (χ3n) is 3.49. The summed E-state index contributed by atoms with van der Waals surface area (Å²) in [6.07, 6.45) is -0.0203. The summed E-state index contributed by atoms with van der Waals surface area (Å²) < 4.78 is 1.45. The van der Waals surface area contributed by atoms with E-state index in [4.69, 9.17) is 11.6 Å². The first kappa shape index (κ1) is 14.5. The summed E-state index contributed by atoms with van der Waals surface area (Å²) in [4.78, 5) is 28.2. The molecule has 0 fully saturated rings. The van der Waals surface area contributed by atoms with Crippen molar-refractivity contribution in [3.8, 4) is 0 Å². The fraction of sp³-hybridized carbons (Fsp3) is 0.286. The predicted molar refractivity (Wildman–Crippen MR) is 81.9 cm³/mol. The molecule has 1 unspecified atom stereocenters. The van der Waals surface area contributed by atoms with Gasteiger partial charge in [0.2, 0.25) is 11.9 Å². The van der Waals surface area contributed by atoms with Crippen LogP contribution in [0.4, 0.5) is 11.6 Å². The van der Waals surface area contributed by atoms with Crippen LogP contribution in [-0.4, -0.2) is 26.6 Å². The van der Waals surface area contributed by atoms with E-state index in [9.17, 15) is 9.59 Å². The normalized spacial score (nSPS) is 16.3. The Morgan fingerprint density at radius 2 is 2.23 bits per heavy atom. The summed E-state index contributed by atoms with van der Waals surface area (Å²) >= 11 is 6.02. The number of halogens is 1. The number of hydrogen-bond acceptors (Lipinski definition) is 4. The van der Waals surface area contributed by atoms with Gasteiger partial charge in [-0.15, -0.1) is 0 Å². The summed E-state index contributed by atoms with van der Waals surface area (Å²) in [5, 5.41) is 10.1. The van der Waals surface area contributed by atoms with Gasteiger partial charge in [0, 0.05) is 10.7 Å². The molecule has 2 aromatic rings. The number of aryl methyl sites for hydroxylation is 1. The van der Waals surface area contributed by atoms with Crippen LogP contribution in [0, 0.1) is 13.8 Å². The van der Waals surface area contributed by atoms with Gasteiger partial charge in [-0.1, -0.05) is 17.7 Å². The van der Waals surface area contributed by atoms with Crippen molar-refractivity contribution < 1.29 is 9.59 Å². The fourth-order valence-electron chi connectivity index (χ4n) is 2.34. The van der Waals surface area contributed by atoms with Crippen molar-refractivity contribution in [1.82, 2.24) is 14.8 Å². The number of hydrogen-bond donors (Lipinski definition) is 2. The number of fused-ring (bicyclic) bond motifs is 1. The van der Waals surface area contributed by atoms with Gasteiger partial charge in [0.05, 0.1) is 6.42 Å². The highest BCUT2D eigenvalue weighted by atomic mass is 35.5. The maximum atomic E-state index is 12.2. The van der Waals surface area contributed by atoms with Gasteiger partial charge < -0.3 is 5.32 Å². The van der Waals surface area contributed by atoms with E-state index in [2.05, 4.69) is 20.7 Å². The summed E-state index contributed by atoms with van der Waals surface area (Å²) in [5.41, 5.74) is 1.41. The third-order valence-corrected chi connectivity index (χ3v) is 3.90. The third kappa shape index (κ3) is 2.55. The molecule has 0 saturated heterocycles. The minimum Gasteiger partial charge on any atom is -0.326 e. The minimum atomic E-state index is -0.685. The van der Waals surface area contributed by atoms with Gasteiger partial charge in [0.15, 0.2) is 0 Å². The quantitative estimate of drug-likeness (QED) is 0.906. The highest BCUT2D eigenvalue weighted by Gasteiger charge is 2.34. The van der Waals surface area contributed by atoms with Gasteiger partial charge in [-0.05, 0) is 31.5 Å². The zero-order chi connectivity index (χ0) is 15.9. The first-order chi connectivity index (χ1) is 10.5. The molecule has 2 N–H and O–H groups in total. The molecule has 1 aromatic carbocycles. The van der Waals surface area contributed by atoms with Gasteiger partial charge in [-0.2, -0.15) is 10.1 Å². The van der Waals surface area contributed by atoms with Gasteiger partial charge in [0.1, 0.15) is 11.9 Å². The Balaban J connectivity index is 1.75. The molecule has 0 bridgehead atoms. The summed E-state index contributed by atoms with van der Waals surface area (Å²) in [6, 6.07) is 4.59. The lowest BCUT2D eigenvalue weighted by molar-refractivity contribution is -0.123. The van der Waals surface area contributed by atoms with Crippen molar-refractivity contribution >= 4 is 35.1 Å². The Kier molecular flexibility index (Phi) is 3.58. The van der Waals surface area contributed by atoms with Crippen LogP contribution in [0.5, 0.6) is 0 Å². The minimum absolute atomic E-state index is 0.0203. The molecular weight excluding hydrogens is 306 g/mol. The maximum Gasteiger partial charge on any atom is 0.252 e. The van der Waals surface area contributed by atoms with E-state index >= 15 is 0 Å². The van der Waals surface area contributed by atoms with Crippen molar-refractivity contribution in [3.63, 3.8) is 0 Å². The highest BCUT2D eigenvalue weighted by Crippen LogP contribution is 2.27. The van der Waals surface area contributed by atoms with Crippen molar-refractivity contribution in [2.45, 2.75) is 26.3 Å². The monoisotopic (exact) mass is 319 g/mol. The number of carbonyl (C=O) groups is 2. The van der Waals surface area contributed by atoms with Crippen molar-refractivity contribution in [2.24, 2.45) is 0 Å². The fourth-order valence-corrected chi connectivity index (χ4v) is 2.51. The molecule has 1 aromatic heterocycles. The molecule has 114 valence electrons. The van der Waals surface area contributed by atoms with Gasteiger partial charge >= 0.3 is 0 Å². The Labute approximate surface area is 131 Å². The number of anilines is 2. The second-order valence-electron chi connectivity index (χ2n) is 5.10. The number of nitrogens with zero attached hydrogens (tertiary/aromatic N) is 3. The van der Waals surface area contributed by atoms with Gasteiger partial charge in [0.25, 0.3) is 5.91 Å². The number of rotatable bonds is 3. The van der Waals surface area contributed by atoms with E-state index < -0.39 is 6.04 Å². The van der Waals surface area contributed by atoms with E-state index in [0.29, 0.717) is 22.5 Å². The summed E-state index contributed by atoms with van der Waals surface area (Å²) in [5.74, 6) is 0.352. The average Bonchev–Trinajstić information content (AvgIpc) is 2.93. The van der Waals surface area contributed by atoms with Crippen LogP contribution in [0.1, 0.15) is 23.9 Å². The largest absolute Gasteiger partial charge is 0.326 e. The molecule has 1 aliphatic heterocycles. The Morgan fingerprint density at radius 1 is 1.45 bits per heavy atom. The van der Waals surface area contributed by atoms with E-state index in [1.807, 2.05) is 6.92 Å². The highest BCUT2D eigenvalue weighted by molar-refractivity contribution is 6.31. The standard InChI is InChI=1S/C14H14ClN5O2/c1-7-9(15)4-3-5-10(7)17-12(21)6-11-13(22)18-14-16-8(2)19-20(11)14/h3-5,11H,6H2,1-2H3,(H,17,21)(H,16,18,19,22). The van der Waals surface area contributed by atoms with Crippen LogP contribution in [0.15, 0.2) is 18.2 Å². The van der Waals surface area contributed by atoms with Crippen LogP contribution >= 0.6 is 11.6 Å². The smallest absolute Gasteiger partial charge is 0.252 e. The van der Waals surface area contributed by atoms with Crippen LogP contribution in [0.25, 0.3) is 0 Å². The topological polar surface area (TPSA) is 88.9 Å². The Morgan fingerprint density at radius 3 is 3.00 bits per heavy atom. The van der Waals surface area contributed by atoms with Crippen molar-refractivity contribution in [2.75, 3.05) is 10.6 Å². The summed E-state index contributed by atoms with van der Waals surface area (Å²) in [6.45, 7) is 3.54. The maximum absolute atomic E-state index is 12.2. The molecule has 2 amide bonds. The molecule has 7 nitrogen and oxygen atoms in total. The van der Waals surface area contributed by atoms with Gasteiger partial charge in [-0.25, -0.2) is 4.68 Å². The molecule has 0 radical (unpaired) electrons. The predicted octanol–water partition coefficient (Wildman–Crippen LogP) is 2.07. The van der Waals surface area contributed by atoms with E-state index in [0.717, 1.165) is 5.56 Å². The number of nitrogens with one attached hydrogen (secondary N) is 2. The number of benzene rings is 1. The second kappa shape index (κ2) is 5.42. The van der Waals surface area contributed by atoms with Crippen LogP contribution in [0.3, 0.4) is 0 Å². The average molecular weight is 320 g/mol. The van der Waals surface area contributed by atoms with E-state index in [1.165, 1.54) is 4.68 Å². The van der Waals surface area contributed by atoms with E-state index in [-0.39, 0.29) is 18.2 Å². The summed E-state index contributed by atoms with van der Waals surface area (Å²) in [7, 11) is 0. The molecule has 22 heavy (non-hydrogen) atoms. The number of carbonyl (C=O) groups excluding carboxylic acids is 2. The molecule has 0 saturated carbocycles. The first-order valence-electron chi connectivity index (χ1n) is 6.74. The first-order valence-corrected chi connectivity index (χ1v) is 7.12. The zero-order valence-corrected chi connectivity index (χ0v) is 12.8. The Bertz CT molecular complexity index is 771. The molecular formula is C14H14ClN5O2. The molecule has 0 aliphatic carbocycles. The number of amides is 2. The lowest BCUT2D eigenvalue weighted by Gasteiger charge is -2.12. The van der Waals surface area contributed by atoms with Crippen molar-refractivity contribution in [3.05, 3.63) is 34.6 Å². The number of aromatic nitrogens is 3. The molecule has 8 heteroatoms. The second-order valence-corrected chi connectivity index (χ2v) is 5.50. The lowest BCUT2D eigenvalue weighted by atomic mass is 10.1. The van der Waals surface area contributed by atoms with Crippen molar-refractivity contribution in [1.29, 1.82) is 0 Å². The SMILES string of the molecule is Cc1nc2n(n1)C(CC(=O)Nc1cccc(Cl)c1C)C(=O)N2.